The molecule has 4 rings (SSSR count). The lowest BCUT2D eigenvalue weighted by Crippen LogP contribution is -2.50. The van der Waals surface area contributed by atoms with Crippen LogP contribution < -0.4 is 10.2 Å². The zero-order valence-corrected chi connectivity index (χ0v) is 19.8. The third-order valence-electron chi connectivity index (χ3n) is 6.73. The molecule has 3 heteroatoms. The summed E-state index contributed by atoms with van der Waals surface area (Å²) >= 11 is 0. The van der Waals surface area contributed by atoms with E-state index in [1.54, 1.807) is 0 Å². The average Bonchev–Trinajstić information content (AvgIpc) is 2.80. The number of benzene rings is 3. The number of carbonyl (C=O) groups is 1. The van der Waals surface area contributed by atoms with Crippen LogP contribution in [0.3, 0.4) is 0 Å². The van der Waals surface area contributed by atoms with Gasteiger partial charge in [0.25, 0.3) is 5.91 Å². The Kier molecular flexibility index (Phi) is 6.10. The van der Waals surface area contributed by atoms with Gasteiger partial charge >= 0.3 is 0 Å². The van der Waals surface area contributed by atoms with E-state index in [0.29, 0.717) is 0 Å². The molecule has 1 N–H and O–H groups in total. The van der Waals surface area contributed by atoms with Crippen LogP contribution in [0.15, 0.2) is 78.9 Å². The highest BCUT2D eigenvalue weighted by atomic mass is 16.2. The molecule has 3 atom stereocenters. The molecular formula is C29H34N2O. The van der Waals surface area contributed by atoms with Crippen molar-refractivity contribution in [2.75, 3.05) is 10.2 Å². The van der Waals surface area contributed by atoms with E-state index < -0.39 is 0 Å². The van der Waals surface area contributed by atoms with Crippen LogP contribution in [0.4, 0.5) is 11.4 Å². The summed E-state index contributed by atoms with van der Waals surface area (Å²) in [6, 6.07) is 27.1. The first-order chi connectivity index (χ1) is 15.3. The van der Waals surface area contributed by atoms with Crippen LogP contribution in [0, 0.1) is 5.92 Å². The van der Waals surface area contributed by atoms with Gasteiger partial charge in [-0.05, 0) is 53.3 Å². The Balaban J connectivity index is 1.73. The molecule has 0 spiro atoms. The summed E-state index contributed by atoms with van der Waals surface area (Å²) < 4.78 is 0. The van der Waals surface area contributed by atoms with Gasteiger partial charge in [-0.15, -0.1) is 0 Å². The first kappa shape index (κ1) is 22.1. The molecule has 1 heterocycles. The summed E-state index contributed by atoms with van der Waals surface area (Å²) in [5.74, 6) is 0.336. The molecule has 1 amide bonds. The Hall–Kier alpha value is -3.07. The van der Waals surface area contributed by atoms with E-state index in [9.17, 15) is 4.79 Å². The van der Waals surface area contributed by atoms with Crippen LogP contribution in [0.25, 0.3) is 0 Å². The van der Waals surface area contributed by atoms with Gasteiger partial charge in [0.2, 0.25) is 0 Å². The molecule has 166 valence electrons. The summed E-state index contributed by atoms with van der Waals surface area (Å²) in [4.78, 5) is 15.8. The van der Waals surface area contributed by atoms with Gasteiger partial charge in [-0.3, -0.25) is 4.79 Å². The predicted molar refractivity (Wildman–Crippen MR) is 134 cm³/mol. The molecule has 0 saturated carbocycles. The molecule has 0 unspecified atom stereocenters. The number of nitrogens with zero attached hydrogens (tertiary/aromatic N) is 1. The van der Waals surface area contributed by atoms with E-state index in [4.69, 9.17) is 0 Å². The Morgan fingerprint density at radius 2 is 1.53 bits per heavy atom. The number of carbonyl (C=O) groups excluding carboxylic acids is 1. The number of amides is 1. The average molecular weight is 427 g/mol. The van der Waals surface area contributed by atoms with E-state index in [0.717, 1.165) is 23.4 Å². The first-order valence-electron chi connectivity index (χ1n) is 11.7. The predicted octanol–water partition coefficient (Wildman–Crippen LogP) is 7.21. The van der Waals surface area contributed by atoms with Gasteiger partial charge in [0.1, 0.15) is 0 Å². The van der Waals surface area contributed by atoms with Gasteiger partial charge in [-0.25, -0.2) is 0 Å². The Bertz CT molecular complexity index is 1070. The van der Waals surface area contributed by atoms with E-state index in [2.05, 4.69) is 94.5 Å². The highest BCUT2D eigenvalue weighted by Crippen LogP contribution is 2.44. The van der Waals surface area contributed by atoms with Crippen molar-refractivity contribution in [1.29, 1.82) is 0 Å². The van der Waals surface area contributed by atoms with Crippen LogP contribution in [0.2, 0.25) is 0 Å². The maximum atomic E-state index is 13.8. The van der Waals surface area contributed by atoms with Gasteiger partial charge in [-0.1, -0.05) is 83.1 Å². The molecule has 1 aliphatic rings. The van der Waals surface area contributed by atoms with Crippen molar-refractivity contribution in [3.8, 4) is 0 Å². The molecule has 3 aromatic rings. The second-order valence-electron chi connectivity index (χ2n) is 9.88. The number of anilines is 2. The van der Waals surface area contributed by atoms with Gasteiger partial charge in [0, 0.05) is 28.9 Å². The number of nitrogens with one attached hydrogen (secondary N) is 1. The van der Waals surface area contributed by atoms with Crippen LogP contribution >= 0.6 is 0 Å². The van der Waals surface area contributed by atoms with E-state index in [1.807, 2.05) is 29.2 Å². The molecule has 0 fully saturated rings. The lowest BCUT2D eigenvalue weighted by molar-refractivity contribution is 0.0960. The van der Waals surface area contributed by atoms with E-state index >= 15 is 0 Å². The molecule has 1 aliphatic heterocycles. The fourth-order valence-electron chi connectivity index (χ4n) is 4.88. The zero-order valence-electron chi connectivity index (χ0n) is 19.8. The van der Waals surface area contributed by atoms with Gasteiger partial charge < -0.3 is 10.2 Å². The first-order valence-corrected chi connectivity index (χ1v) is 11.7. The minimum atomic E-state index is 0.0656. The van der Waals surface area contributed by atoms with E-state index in [1.165, 1.54) is 11.1 Å². The molecule has 0 aromatic heterocycles. The summed E-state index contributed by atoms with van der Waals surface area (Å²) in [5.41, 5.74) is 5.33. The van der Waals surface area contributed by atoms with Crippen molar-refractivity contribution in [2.45, 2.75) is 58.5 Å². The Labute approximate surface area is 192 Å². The van der Waals surface area contributed by atoms with Gasteiger partial charge in [-0.2, -0.15) is 0 Å². The molecule has 0 saturated heterocycles. The third-order valence-corrected chi connectivity index (χ3v) is 6.73. The zero-order chi connectivity index (χ0) is 22.9. The number of hydrogen-bond acceptors (Lipinski definition) is 2. The van der Waals surface area contributed by atoms with Crippen LogP contribution in [0.5, 0.6) is 0 Å². The van der Waals surface area contributed by atoms with Gasteiger partial charge in [0.15, 0.2) is 0 Å². The fraction of sp³-hybridized carbons (Fsp3) is 0.345. The largest absolute Gasteiger partial charge is 0.378 e. The monoisotopic (exact) mass is 426 g/mol. The molecule has 0 bridgehead atoms. The quantitative estimate of drug-likeness (QED) is 0.478. The van der Waals surface area contributed by atoms with Crippen molar-refractivity contribution in [3.05, 3.63) is 95.6 Å². The normalized spacial score (nSPS) is 20.5. The minimum Gasteiger partial charge on any atom is -0.378 e. The maximum absolute atomic E-state index is 13.8. The minimum absolute atomic E-state index is 0.0656. The molecule has 32 heavy (non-hydrogen) atoms. The van der Waals surface area contributed by atoms with Crippen molar-refractivity contribution >= 4 is 17.3 Å². The number of hydrogen-bond donors (Lipinski definition) is 1. The second-order valence-corrected chi connectivity index (χ2v) is 9.88. The van der Waals surface area contributed by atoms with Crippen molar-refractivity contribution in [1.82, 2.24) is 0 Å². The van der Waals surface area contributed by atoms with Crippen LogP contribution in [-0.4, -0.2) is 11.9 Å². The topological polar surface area (TPSA) is 32.3 Å². The number of para-hydroxylation sites is 2. The lowest BCUT2D eigenvalue weighted by atomic mass is 9.80. The molecule has 3 nitrogen and oxygen atoms in total. The lowest BCUT2D eigenvalue weighted by Gasteiger charge is -2.45. The van der Waals surface area contributed by atoms with E-state index in [-0.39, 0.29) is 29.3 Å². The van der Waals surface area contributed by atoms with Crippen LogP contribution in [0.1, 0.15) is 68.6 Å². The fourth-order valence-corrected chi connectivity index (χ4v) is 4.88. The summed E-state index contributed by atoms with van der Waals surface area (Å²) in [7, 11) is 0. The van der Waals surface area contributed by atoms with Crippen molar-refractivity contribution < 1.29 is 4.79 Å². The van der Waals surface area contributed by atoms with Gasteiger partial charge in [0.05, 0.1) is 6.04 Å². The number of rotatable bonds is 4. The third kappa shape index (κ3) is 4.17. The summed E-state index contributed by atoms with van der Waals surface area (Å²) in [6.45, 7) is 11.0. The van der Waals surface area contributed by atoms with Crippen LogP contribution in [-0.2, 0) is 5.41 Å². The van der Waals surface area contributed by atoms with Crippen molar-refractivity contribution in [3.63, 3.8) is 0 Å². The standard InChI is InChI=1S/C29H34N2O/c1-6-25-20(2)27(30-23-12-8-7-9-13-23)24-14-10-11-15-26(24)31(25)28(32)21-16-18-22(19-17-21)29(3,4)5/h7-20,25,27,30H,6H2,1-5H3/t20-,25+,27-/m1/s1. The van der Waals surface area contributed by atoms with Crippen molar-refractivity contribution in [2.24, 2.45) is 5.92 Å². The highest BCUT2D eigenvalue weighted by molar-refractivity contribution is 6.07. The Morgan fingerprint density at radius 1 is 0.906 bits per heavy atom. The summed E-state index contributed by atoms with van der Waals surface area (Å²) in [5, 5.41) is 3.74. The highest BCUT2D eigenvalue weighted by Gasteiger charge is 2.40. The Morgan fingerprint density at radius 3 is 2.16 bits per heavy atom. The maximum Gasteiger partial charge on any atom is 0.258 e. The molecule has 0 radical (unpaired) electrons. The summed E-state index contributed by atoms with van der Waals surface area (Å²) in [6.07, 6.45) is 0.897. The SMILES string of the molecule is CC[C@H]1[C@@H](C)[C@@H](Nc2ccccc2)c2ccccc2N1C(=O)c1ccc(C(C)(C)C)cc1. The molecule has 0 aliphatic carbocycles. The smallest absolute Gasteiger partial charge is 0.258 e. The molecular weight excluding hydrogens is 392 g/mol. The second kappa shape index (κ2) is 8.82. The molecule has 3 aromatic carbocycles. The number of fused-ring (bicyclic) bond motifs is 1.